The van der Waals surface area contributed by atoms with Gasteiger partial charge in [-0.05, 0) is 38.3 Å². The number of nitrogens with one attached hydrogen (secondary N) is 1. The van der Waals surface area contributed by atoms with Crippen molar-refractivity contribution in [3.63, 3.8) is 0 Å². The van der Waals surface area contributed by atoms with Crippen molar-refractivity contribution in [2.24, 2.45) is 0 Å². The molecule has 0 unspecified atom stereocenters. The molecule has 0 amide bonds. The molecule has 0 saturated heterocycles. The standard InChI is InChI=1S/C10H8BrNO5S2/c11-9-8(3-7(17-9)10(13)14)19(15,16)12-4-6-1-2-18-5-6/h1-3,5,12H,4H2,(H,13,14). The summed E-state index contributed by atoms with van der Waals surface area (Å²) in [5, 5.41) is 12.4. The van der Waals surface area contributed by atoms with Gasteiger partial charge >= 0.3 is 5.97 Å². The van der Waals surface area contributed by atoms with E-state index in [-0.39, 0.29) is 16.1 Å². The van der Waals surface area contributed by atoms with E-state index in [9.17, 15) is 13.2 Å². The number of furan rings is 1. The SMILES string of the molecule is O=C(O)c1cc(S(=O)(=O)NCc2ccsc2)c(Br)o1. The largest absolute Gasteiger partial charge is 0.475 e. The van der Waals surface area contributed by atoms with Crippen LogP contribution in [0, 0.1) is 0 Å². The van der Waals surface area contributed by atoms with Gasteiger partial charge in [-0.1, -0.05) is 0 Å². The molecule has 0 radical (unpaired) electrons. The first-order valence-corrected chi connectivity index (χ1v) is 8.15. The molecule has 0 aromatic carbocycles. The second-order valence-electron chi connectivity index (χ2n) is 3.51. The van der Waals surface area contributed by atoms with Crippen molar-refractivity contribution in [2.45, 2.75) is 11.4 Å². The van der Waals surface area contributed by atoms with Crippen LogP contribution in [0.25, 0.3) is 0 Å². The zero-order valence-electron chi connectivity index (χ0n) is 9.29. The minimum Gasteiger partial charge on any atom is -0.475 e. The molecule has 9 heteroatoms. The van der Waals surface area contributed by atoms with Crippen LogP contribution in [-0.2, 0) is 16.6 Å². The minimum absolute atomic E-state index is 0.131. The van der Waals surface area contributed by atoms with Crippen LogP contribution in [0.1, 0.15) is 16.1 Å². The first-order chi connectivity index (χ1) is 8.90. The van der Waals surface area contributed by atoms with E-state index in [2.05, 4.69) is 20.7 Å². The number of rotatable bonds is 5. The van der Waals surface area contributed by atoms with Crippen LogP contribution in [0.15, 0.2) is 36.9 Å². The average molecular weight is 366 g/mol. The predicted molar refractivity (Wildman–Crippen MR) is 71.7 cm³/mol. The normalized spacial score (nSPS) is 11.6. The highest BCUT2D eigenvalue weighted by atomic mass is 79.9. The second-order valence-corrected chi connectivity index (χ2v) is 6.75. The summed E-state index contributed by atoms with van der Waals surface area (Å²) in [5.41, 5.74) is 0.826. The fourth-order valence-electron chi connectivity index (χ4n) is 1.29. The first-order valence-electron chi connectivity index (χ1n) is 4.93. The molecule has 2 heterocycles. The molecule has 0 aliphatic rings. The van der Waals surface area contributed by atoms with E-state index in [0.717, 1.165) is 11.6 Å². The lowest BCUT2D eigenvalue weighted by molar-refractivity contribution is 0.0661. The molecule has 19 heavy (non-hydrogen) atoms. The minimum atomic E-state index is -3.83. The number of halogens is 1. The zero-order chi connectivity index (χ0) is 14.0. The molecule has 102 valence electrons. The van der Waals surface area contributed by atoms with Gasteiger partial charge in [0.15, 0.2) is 4.67 Å². The number of carboxylic acid groups (broad SMARTS) is 1. The van der Waals surface area contributed by atoms with Crippen molar-refractivity contribution in [3.05, 3.63) is 38.9 Å². The maximum Gasteiger partial charge on any atom is 0.371 e. The van der Waals surface area contributed by atoms with Gasteiger partial charge in [0.05, 0.1) is 0 Å². The topological polar surface area (TPSA) is 96.6 Å². The Morgan fingerprint density at radius 2 is 2.26 bits per heavy atom. The Bertz CT molecular complexity index is 690. The highest BCUT2D eigenvalue weighted by Gasteiger charge is 2.24. The Balaban J connectivity index is 2.22. The molecule has 2 N–H and O–H groups in total. The second kappa shape index (κ2) is 5.45. The molecule has 0 bridgehead atoms. The Morgan fingerprint density at radius 1 is 1.53 bits per heavy atom. The third-order valence-electron chi connectivity index (χ3n) is 2.20. The summed E-state index contributed by atoms with van der Waals surface area (Å²) in [4.78, 5) is 10.5. The monoisotopic (exact) mass is 365 g/mol. The predicted octanol–water partition coefficient (Wildman–Crippen LogP) is 2.28. The van der Waals surface area contributed by atoms with E-state index in [0.29, 0.717) is 0 Å². The maximum absolute atomic E-state index is 12.0. The van der Waals surface area contributed by atoms with Crippen LogP contribution in [-0.4, -0.2) is 19.5 Å². The van der Waals surface area contributed by atoms with Crippen molar-refractivity contribution >= 4 is 43.3 Å². The quantitative estimate of drug-likeness (QED) is 0.846. The van der Waals surface area contributed by atoms with Crippen molar-refractivity contribution in [1.82, 2.24) is 4.72 Å². The lowest BCUT2D eigenvalue weighted by Crippen LogP contribution is -2.22. The molecule has 0 fully saturated rings. The van der Waals surface area contributed by atoms with Crippen molar-refractivity contribution in [3.8, 4) is 0 Å². The lowest BCUT2D eigenvalue weighted by atomic mass is 10.4. The number of hydrogen-bond donors (Lipinski definition) is 2. The molecule has 2 aromatic heterocycles. The number of carbonyl (C=O) groups is 1. The lowest BCUT2D eigenvalue weighted by Gasteiger charge is -2.03. The highest BCUT2D eigenvalue weighted by Crippen LogP contribution is 2.26. The molecule has 6 nitrogen and oxygen atoms in total. The van der Waals surface area contributed by atoms with E-state index in [1.165, 1.54) is 11.3 Å². The summed E-state index contributed by atoms with van der Waals surface area (Å²) in [7, 11) is -3.83. The molecular weight excluding hydrogens is 358 g/mol. The highest BCUT2D eigenvalue weighted by molar-refractivity contribution is 9.10. The van der Waals surface area contributed by atoms with Gasteiger partial charge in [-0.3, -0.25) is 0 Å². The maximum atomic E-state index is 12.0. The number of carboxylic acids is 1. The zero-order valence-corrected chi connectivity index (χ0v) is 12.5. The number of hydrogen-bond acceptors (Lipinski definition) is 5. The van der Waals surface area contributed by atoms with Crippen molar-refractivity contribution in [2.75, 3.05) is 0 Å². The van der Waals surface area contributed by atoms with Gasteiger partial charge in [0.2, 0.25) is 15.8 Å². The summed E-state index contributed by atoms with van der Waals surface area (Å²) >= 11 is 4.35. The van der Waals surface area contributed by atoms with Gasteiger partial charge in [0.25, 0.3) is 0 Å². The van der Waals surface area contributed by atoms with Gasteiger partial charge in [-0.2, -0.15) is 11.3 Å². The fourth-order valence-corrected chi connectivity index (χ4v) is 3.91. The smallest absolute Gasteiger partial charge is 0.371 e. The summed E-state index contributed by atoms with van der Waals surface area (Å²) in [6, 6.07) is 2.75. The molecule has 0 saturated carbocycles. The Morgan fingerprint density at radius 3 is 2.79 bits per heavy atom. The molecule has 0 aliphatic carbocycles. The molecular formula is C10H8BrNO5S2. The van der Waals surface area contributed by atoms with Crippen LogP contribution in [0.3, 0.4) is 0 Å². The van der Waals surface area contributed by atoms with E-state index < -0.39 is 21.8 Å². The van der Waals surface area contributed by atoms with Crippen LogP contribution < -0.4 is 4.72 Å². The van der Waals surface area contributed by atoms with Gasteiger partial charge in [0, 0.05) is 12.6 Å². The van der Waals surface area contributed by atoms with E-state index in [1.54, 1.807) is 6.07 Å². The number of aromatic carboxylic acids is 1. The van der Waals surface area contributed by atoms with Crippen molar-refractivity contribution < 1.29 is 22.7 Å². The number of sulfonamides is 1. The van der Waals surface area contributed by atoms with Gasteiger partial charge in [-0.25, -0.2) is 17.9 Å². The average Bonchev–Trinajstić information content (AvgIpc) is 2.95. The molecule has 0 atom stereocenters. The first kappa shape index (κ1) is 14.3. The summed E-state index contributed by atoms with van der Waals surface area (Å²) < 4.78 is 31.0. The molecule has 2 aromatic rings. The van der Waals surface area contributed by atoms with E-state index in [4.69, 9.17) is 9.52 Å². The van der Waals surface area contributed by atoms with Crippen LogP contribution >= 0.6 is 27.3 Å². The van der Waals surface area contributed by atoms with Crippen LogP contribution in [0.2, 0.25) is 0 Å². The van der Waals surface area contributed by atoms with Gasteiger partial charge < -0.3 is 9.52 Å². The summed E-state index contributed by atoms with van der Waals surface area (Å²) in [5.74, 6) is -1.78. The van der Waals surface area contributed by atoms with Crippen LogP contribution in [0.5, 0.6) is 0 Å². The van der Waals surface area contributed by atoms with E-state index >= 15 is 0 Å². The van der Waals surface area contributed by atoms with E-state index in [1.807, 2.05) is 10.8 Å². The van der Waals surface area contributed by atoms with Crippen LogP contribution in [0.4, 0.5) is 0 Å². The third-order valence-corrected chi connectivity index (χ3v) is 5.19. The fraction of sp³-hybridized carbons (Fsp3) is 0.100. The Hall–Kier alpha value is -1.16. The summed E-state index contributed by atoms with van der Waals surface area (Å²) in [6.07, 6.45) is 0. The van der Waals surface area contributed by atoms with Crippen molar-refractivity contribution in [1.29, 1.82) is 0 Å². The number of thiophene rings is 1. The van der Waals surface area contributed by atoms with Gasteiger partial charge in [0.1, 0.15) is 4.90 Å². The third kappa shape index (κ3) is 3.24. The summed E-state index contributed by atoms with van der Waals surface area (Å²) in [6.45, 7) is 0.131. The molecule has 2 rings (SSSR count). The molecule has 0 aliphatic heterocycles. The Kier molecular flexibility index (Phi) is 4.09. The molecule has 0 spiro atoms. The van der Waals surface area contributed by atoms with Gasteiger partial charge in [-0.15, -0.1) is 0 Å². The Labute approximate surface area is 121 Å².